The summed E-state index contributed by atoms with van der Waals surface area (Å²) in [6.45, 7) is 0. The van der Waals surface area contributed by atoms with Gasteiger partial charge < -0.3 is 23.4 Å². The number of halogens is 3. The van der Waals surface area contributed by atoms with Gasteiger partial charge in [0, 0.05) is 27.9 Å². The maximum Gasteiger partial charge on any atom is 2.00 e. The SMILES string of the molecule is N#Cc1ccccc1Cl.[2H]C1([2H])C(C(=O)c2ccccc2Cl)C([2H])([2H])C([2H])([2H])C1([2H])[2H].[2H][C-]1C([2H])([2H])C([2H])([2H])C([2H])([2H])C1([2H])[2H].[Br-].[Mg+2]. The maximum absolute atomic E-state index is 12.6. The van der Waals surface area contributed by atoms with E-state index in [4.69, 9.17) is 51.8 Å². The van der Waals surface area contributed by atoms with Crippen LogP contribution in [0.15, 0.2) is 48.5 Å². The van der Waals surface area contributed by atoms with Gasteiger partial charge in [-0.1, -0.05) is 73.0 Å². The molecule has 2 saturated carbocycles. The van der Waals surface area contributed by atoms with Crippen LogP contribution < -0.4 is 17.0 Å². The summed E-state index contributed by atoms with van der Waals surface area (Å²) in [7, 11) is 0. The average Bonchev–Trinajstić information content (AvgIpc) is 3.03. The van der Waals surface area contributed by atoms with E-state index in [2.05, 4.69) is 0 Å². The van der Waals surface area contributed by atoms with Crippen molar-refractivity contribution < 1.29 is 45.1 Å². The van der Waals surface area contributed by atoms with E-state index in [-0.39, 0.29) is 50.6 Å². The Morgan fingerprint density at radius 1 is 1.00 bits per heavy atom. The molecule has 2 aromatic rings. The molecule has 2 nitrogen and oxygen atoms in total. The van der Waals surface area contributed by atoms with Crippen LogP contribution >= 0.6 is 23.2 Å². The van der Waals surface area contributed by atoms with Gasteiger partial charge in [0.25, 0.3) is 0 Å². The second-order valence-corrected chi connectivity index (χ2v) is 5.85. The number of carbonyl (C=O) groups is 1. The smallest absolute Gasteiger partial charge is 1.00 e. The largest absolute Gasteiger partial charge is 2.00 e. The van der Waals surface area contributed by atoms with E-state index in [1.807, 2.05) is 6.07 Å². The van der Waals surface area contributed by atoms with Crippen molar-refractivity contribution in [2.75, 3.05) is 0 Å². The van der Waals surface area contributed by atoms with Crippen molar-refractivity contribution in [1.82, 2.24) is 0 Å². The topological polar surface area (TPSA) is 40.9 Å². The molecule has 2 fully saturated rings. The maximum atomic E-state index is 12.6. The van der Waals surface area contributed by atoms with E-state index in [1.165, 1.54) is 24.3 Å². The van der Waals surface area contributed by atoms with Gasteiger partial charge >= 0.3 is 23.1 Å². The monoisotopic (exact) mass is 534 g/mol. The van der Waals surface area contributed by atoms with Crippen molar-refractivity contribution in [2.24, 2.45) is 5.92 Å². The number of nitrogens with zero attached hydrogens (tertiary/aromatic N) is 1. The number of hydrogen-bond acceptors (Lipinski definition) is 2. The molecule has 0 heterocycles. The van der Waals surface area contributed by atoms with Crippen LogP contribution in [0.3, 0.4) is 0 Å². The minimum atomic E-state index is -3.18. The number of benzene rings is 2. The number of carbonyl (C=O) groups excluding carboxylic acids is 1. The molecule has 0 N–H and O–H groups in total. The van der Waals surface area contributed by atoms with Crippen molar-refractivity contribution in [1.29, 1.82) is 5.26 Å². The van der Waals surface area contributed by atoms with Crippen molar-refractivity contribution in [3.8, 4) is 6.07 Å². The molecule has 2 aromatic carbocycles. The Hall–Kier alpha value is -0.574. The second-order valence-electron chi connectivity index (χ2n) is 5.03. The molecule has 4 rings (SSSR count). The number of rotatable bonds is 2. The Labute approximate surface area is 241 Å². The van der Waals surface area contributed by atoms with Crippen LogP contribution in [0.4, 0.5) is 0 Å². The quantitative estimate of drug-likeness (QED) is 0.326. The summed E-state index contributed by atoms with van der Waals surface area (Å²) < 4.78 is 127. The molecule has 0 spiro atoms. The standard InChI is InChI=1S/C12H13ClO.C7H4ClN.C5H9.BrH.Mg/c13-11-8-4-3-7-10(11)12(14)9-5-1-2-6-9;8-7-4-2-1-3-6(7)5-9;1-2-4-5-3-1;;/h3-4,7-9H,1-2,5-6H2;1-4H;1H,2-5H2;1H;/q;;-1;;+2/p-1/i1D2,2D2,5D2,6D2;;1D,2D2,3D2,4D2,5D2;;. The first-order valence-electron chi connectivity index (χ1n) is 16.3. The molecule has 0 amide bonds. The van der Waals surface area contributed by atoms with Gasteiger partial charge in [0.1, 0.15) is 6.07 Å². The molecule has 0 aromatic heterocycles. The molecule has 0 unspecified atom stereocenters. The van der Waals surface area contributed by atoms with Gasteiger partial charge in [-0.15, -0.1) is 0 Å². The summed E-state index contributed by atoms with van der Waals surface area (Å²) in [6, 6.07) is 14.6. The van der Waals surface area contributed by atoms with E-state index in [0.717, 1.165) is 0 Å². The Kier molecular flexibility index (Phi) is 6.54. The third-order valence-electron chi connectivity index (χ3n) is 3.20. The number of hydrogen-bond donors (Lipinski definition) is 0. The first-order valence-corrected chi connectivity index (χ1v) is 8.58. The molecule has 0 aliphatic heterocycles. The molecule has 156 valence electrons. The Morgan fingerprint density at radius 3 is 1.97 bits per heavy atom. The molecule has 2 aliphatic carbocycles. The summed E-state index contributed by atoms with van der Waals surface area (Å²) in [5.74, 6) is -3.20. The predicted molar refractivity (Wildman–Crippen MR) is 122 cm³/mol. The normalized spacial score (nSPS) is 37.0. The number of nitriles is 1. The first kappa shape index (κ1) is 11.5. The summed E-state index contributed by atoms with van der Waals surface area (Å²) in [6.07, 6.45) is -25.5. The van der Waals surface area contributed by atoms with Crippen LogP contribution in [0.25, 0.3) is 0 Å². The third kappa shape index (κ3) is 10.2. The van der Waals surface area contributed by atoms with Crippen LogP contribution in [0.1, 0.15) is 90.2 Å². The fourth-order valence-electron chi connectivity index (χ4n) is 1.91. The zero-order chi connectivity index (χ0) is 35.4. The molecule has 0 saturated heterocycles. The van der Waals surface area contributed by atoms with E-state index in [9.17, 15) is 4.79 Å². The average molecular weight is 537 g/mol. The van der Waals surface area contributed by atoms with E-state index < -0.39 is 69.1 Å². The summed E-state index contributed by atoms with van der Waals surface area (Å²) in [5, 5.41) is 8.88. The minimum Gasteiger partial charge on any atom is -1.00 e. The van der Waals surface area contributed by atoms with Gasteiger partial charge in [-0.3, -0.25) is 4.79 Å². The van der Waals surface area contributed by atoms with E-state index in [0.29, 0.717) is 10.6 Å². The minimum absolute atomic E-state index is 0. The Balaban J connectivity index is 0.000000727. The zero-order valence-electron chi connectivity index (χ0n) is 32.4. The molecule has 6 heteroatoms. The number of Topliss-reactive ketones (excluding diaryl/α,β-unsaturated/α-hetero) is 1. The van der Waals surface area contributed by atoms with Crippen molar-refractivity contribution >= 4 is 52.0 Å². The Morgan fingerprint density at radius 2 is 1.53 bits per heavy atom. The summed E-state index contributed by atoms with van der Waals surface area (Å²) >= 11 is 11.5. The van der Waals surface area contributed by atoms with Crippen molar-refractivity contribution in [2.45, 2.75) is 51.0 Å². The Bertz CT molecular complexity index is 1430. The third-order valence-corrected chi connectivity index (χ3v) is 3.86. The molecule has 0 bridgehead atoms. The van der Waals surface area contributed by atoms with Gasteiger partial charge in [0.2, 0.25) is 0 Å². The van der Waals surface area contributed by atoms with Gasteiger partial charge in [-0.05, 0) is 42.5 Å². The molecule has 2 aliphatic rings. The van der Waals surface area contributed by atoms with Crippen LogP contribution in [-0.4, -0.2) is 28.8 Å². The fraction of sp³-hybridized carbons (Fsp3) is 0.375. The van der Waals surface area contributed by atoms with E-state index >= 15 is 0 Å². The van der Waals surface area contributed by atoms with Crippen molar-refractivity contribution in [3.63, 3.8) is 0 Å². The molecule has 0 radical (unpaired) electrons. The number of ketones is 1. The summed E-state index contributed by atoms with van der Waals surface area (Å²) in [5.41, 5.74) is 0.370. The van der Waals surface area contributed by atoms with Crippen LogP contribution in [-0.2, 0) is 0 Å². The zero-order valence-corrected chi connectivity index (χ0v) is 19.9. The second kappa shape index (κ2) is 17.0. The predicted octanol–water partition coefficient (Wildman–Crippen LogP) is 4.31. The molecular weight excluding hydrogens is 493 g/mol. The fourth-order valence-corrected chi connectivity index (χ4v) is 2.32. The van der Waals surface area contributed by atoms with Crippen molar-refractivity contribution in [3.05, 3.63) is 76.1 Å². The van der Waals surface area contributed by atoms with E-state index in [1.54, 1.807) is 24.3 Å². The van der Waals surface area contributed by atoms with Gasteiger partial charge in [-0.25, -0.2) is 1.37 Å². The van der Waals surface area contributed by atoms with Crippen LogP contribution in [0, 0.1) is 23.6 Å². The summed E-state index contributed by atoms with van der Waals surface area (Å²) in [4.78, 5) is 12.6. The molecular formula is C24H26BrCl2MgNO. The van der Waals surface area contributed by atoms with Gasteiger partial charge in [0.05, 0.1) is 15.6 Å². The van der Waals surface area contributed by atoms with Gasteiger partial charge in [0.15, 0.2) is 5.78 Å². The van der Waals surface area contributed by atoms with Crippen LogP contribution in [0.2, 0.25) is 10.0 Å². The van der Waals surface area contributed by atoms with Gasteiger partial charge in [-0.2, -0.15) is 18.0 Å². The molecule has 30 heavy (non-hydrogen) atoms. The van der Waals surface area contributed by atoms with Crippen LogP contribution in [0.5, 0.6) is 0 Å². The first-order chi connectivity index (χ1) is 20.0. The molecule has 0 atom stereocenters.